The van der Waals surface area contributed by atoms with E-state index >= 15 is 0 Å². The van der Waals surface area contributed by atoms with Crippen LogP contribution in [0.15, 0.2) is 35.7 Å². The first kappa shape index (κ1) is 14.6. The van der Waals surface area contributed by atoms with Gasteiger partial charge in [0.15, 0.2) is 0 Å². The summed E-state index contributed by atoms with van der Waals surface area (Å²) in [4.78, 5) is 16.0. The highest BCUT2D eigenvalue weighted by atomic mass is 35.5. The van der Waals surface area contributed by atoms with Gasteiger partial charge in [-0.1, -0.05) is 17.7 Å². The van der Waals surface area contributed by atoms with E-state index in [2.05, 4.69) is 21.7 Å². The average molecular weight is 321 g/mol. The van der Waals surface area contributed by atoms with Crippen LogP contribution in [0.5, 0.6) is 0 Å². The summed E-state index contributed by atoms with van der Waals surface area (Å²) in [6.07, 6.45) is 1.03. The topological polar surface area (TPSA) is 32.3 Å². The van der Waals surface area contributed by atoms with Crippen molar-refractivity contribution in [1.29, 1.82) is 0 Å². The second kappa shape index (κ2) is 6.18. The Morgan fingerprint density at radius 1 is 1.43 bits per heavy atom. The van der Waals surface area contributed by atoms with Crippen LogP contribution in [-0.2, 0) is 17.8 Å². The van der Waals surface area contributed by atoms with E-state index in [1.54, 1.807) is 12.1 Å². The van der Waals surface area contributed by atoms with Crippen molar-refractivity contribution in [2.75, 3.05) is 11.9 Å². The van der Waals surface area contributed by atoms with Gasteiger partial charge < -0.3 is 5.32 Å². The minimum absolute atomic E-state index is 0.0101. The van der Waals surface area contributed by atoms with Gasteiger partial charge in [0.1, 0.15) is 0 Å². The standard InChI is InChI=1S/C16H17ClN2OS/c1-11(16(20)18-14-4-2-3-13(17)9-14)19-7-5-15-12(10-19)6-8-21-15/h2-4,6,8-9,11H,5,7,10H2,1H3,(H,18,20)/t11-/m1/s1. The molecule has 1 aliphatic heterocycles. The fraction of sp³-hybridized carbons (Fsp3) is 0.312. The summed E-state index contributed by atoms with van der Waals surface area (Å²) in [6.45, 7) is 3.73. The number of anilines is 1. The van der Waals surface area contributed by atoms with Crippen molar-refractivity contribution in [2.45, 2.75) is 25.9 Å². The highest BCUT2D eigenvalue weighted by Crippen LogP contribution is 2.25. The first-order valence-electron chi connectivity index (χ1n) is 6.99. The number of fused-ring (bicyclic) bond motifs is 1. The molecule has 5 heteroatoms. The van der Waals surface area contributed by atoms with E-state index in [4.69, 9.17) is 11.6 Å². The Bertz CT molecular complexity index is 655. The molecule has 1 N–H and O–H groups in total. The molecule has 0 saturated heterocycles. The Hall–Kier alpha value is -1.36. The summed E-state index contributed by atoms with van der Waals surface area (Å²) in [5.41, 5.74) is 2.10. The fourth-order valence-electron chi connectivity index (χ4n) is 2.58. The zero-order valence-corrected chi connectivity index (χ0v) is 13.4. The van der Waals surface area contributed by atoms with Crippen LogP contribution in [0.4, 0.5) is 5.69 Å². The molecule has 2 aromatic rings. The Morgan fingerprint density at radius 3 is 3.10 bits per heavy atom. The van der Waals surface area contributed by atoms with Gasteiger partial charge in [-0.2, -0.15) is 0 Å². The van der Waals surface area contributed by atoms with Crippen LogP contribution < -0.4 is 5.32 Å². The van der Waals surface area contributed by atoms with Crippen LogP contribution in [0.2, 0.25) is 5.02 Å². The van der Waals surface area contributed by atoms with E-state index in [-0.39, 0.29) is 11.9 Å². The number of carbonyl (C=O) groups excluding carboxylic acids is 1. The maximum absolute atomic E-state index is 12.4. The number of hydrogen-bond donors (Lipinski definition) is 1. The number of nitrogens with one attached hydrogen (secondary N) is 1. The lowest BCUT2D eigenvalue weighted by Gasteiger charge is -2.31. The van der Waals surface area contributed by atoms with Crippen molar-refractivity contribution < 1.29 is 4.79 Å². The summed E-state index contributed by atoms with van der Waals surface area (Å²) in [6, 6.07) is 9.25. The number of hydrogen-bond acceptors (Lipinski definition) is 3. The van der Waals surface area contributed by atoms with Crippen molar-refractivity contribution in [2.24, 2.45) is 0 Å². The number of carbonyl (C=O) groups is 1. The Morgan fingerprint density at radius 2 is 2.29 bits per heavy atom. The summed E-state index contributed by atoms with van der Waals surface area (Å²) in [7, 11) is 0. The molecule has 0 bridgehead atoms. The molecular weight excluding hydrogens is 304 g/mol. The second-order valence-corrected chi connectivity index (χ2v) is 6.70. The predicted octanol–water partition coefficient (Wildman–Crippen LogP) is 3.79. The van der Waals surface area contributed by atoms with E-state index < -0.39 is 0 Å². The number of rotatable bonds is 3. The summed E-state index contributed by atoms with van der Waals surface area (Å²) in [5, 5.41) is 5.69. The van der Waals surface area contributed by atoms with Crippen molar-refractivity contribution in [3.8, 4) is 0 Å². The maximum atomic E-state index is 12.4. The van der Waals surface area contributed by atoms with E-state index in [9.17, 15) is 4.79 Å². The predicted molar refractivity (Wildman–Crippen MR) is 88.0 cm³/mol. The zero-order chi connectivity index (χ0) is 14.8. The van der Waals surface area contributed by atoms with Gasteiger partial charge in [-0.15, -0.1) is 11.3 Å². The van der Waals surface area contributed by atoms with Gasteiger partial charge in [-0.3, -0.25) is 9.69 Å². The molecule has 1 aromatic carbocycles. The highest BCUT2D eigenvalue weighted by molar-refractivity contribution is 7.10. The molecule has 1 aliphatic rings. The van der Waals surface area contributed by atoms with Crippen LogP contribution >= 0.6 is 22.9 Å². The monoisotopic (exact) mass is 320 g/mol. The lowest BCUT2D eigenvalue weighted by molar-refractivity contribution is -0.121. The Kier molecular flexibility index (Phi) is 4.29. The molecule has 2 heterocycles. The fourth-order valence-corrected chi connectivity index (χ4v) is 3.66. The molecule has 1 aromatic heterocycles. The molecule has 110 valence electrons. The minimum Gasteiger partial charge on any atom is -0.325 e. The van der Waals surface area contributed by atoms with E-state index in [0.717, 1.165) is 25.2 Å². The molecule has 3 nitrogen and oxygen atoms in total. The summed E-state index contributed by atoms with van der Waals surface area (Å²) >= 11 is 7.75. The van der Waals surface area contributed by atoms with Crippen LogP contribution in [0, 0.1) is 0 Å². The van der Waals surface area contributed by atoms with Gasteiger partial charge in [-0.05, 0) is 48.6 Å². The van der Waals surface area contributed by atoms with Gasteiger partial charge in [0.2, 0.25) is 5.91 Å². The summed E-state index contributed by atoms with van der Waals surface area (Å²) < 4.78 is 0. The molecule has 21 heavy (non-hydrogen) atoms. The molecule has 1 amide bonds. The Balaban J connectivity index is 1.65. The van der Waals surface area contributed by atoms with Crippen LogP contribution in [0.25, 0.3) is 0 Å². The number of thiophene rings is 1. The van der Waals surface area contributed by atoms with Crippen molar-refractivity contribution in [3.63, 3.8) is 0 Å². The first-order chi connectivity index (χ1) is 10.1. The first-order valence-corrected chi connectivity index (χ1v) is 8.25. The Labute approximate surface area is 133 Å². The average Bonchev–Trinajstić information content (AvgIpc) is 2.93. The van der Waals surface area contributed by atoms with Crippen LogP contribution in [0.3, 0.4) is 0 Å². The number of benzene rings is 1. The van der Waals surface area contributed by atoms with Crippen molar-refractivity contribution in [1.82, 2.24) is 4.90 Å². The zero-order valence-electron chi connectivity index (χ0n) is 11.8. The molecule has 3 rings (SSSR count). The lowest BCUT2D eigenvalue weighted by Crippen LogP contribution is -2.44. The maximum Gasteiger partial charge on any atom is 0.241 e. The van der Waals surface area contributed by atoms with Gasteiger partial charge >= 0.3 is 0 Å². The molecule has 0 saturated carbocycles. The van der Waals surface area contributed by atoms with E-state index in [1.165, 1.54) is 10.4 Å². The molecule has 0 spiro atoms. The quantitative estimate of drug-likeness (QED) is 0.933. The van der Waals surface area contributed by atoms with Crippen molar-refractivity contribution >= 4 is 34.5 Å². The molecule has 0 aliphatic carbocycles. The van der Waals surface area contributed by atoms with E-state index in [1.807, 2.05) is 30.4 Å². The van der Waals surface area contributed by atoms with Gasteiger partial charge in [0.25, 0.3) is 0 Å². The molecule has 0 unspecified atom stereocenters. The molecular formula is C16H17ClN2OS. The number of halogens is 1. The largest absolute Gasteiger partial charge is 0.325 e. The number of nitrogens with zero attached hydrogens (tertiary/aromatic N) is 1. The normalized spacial score (nSPS) is 16.3. The van der Waals surface area contributed by atoms with Crippen LogP contribution in [-0.4, -0.2) is 23.4 Å². The van der Waals surface area contributed by atoms with Crippen LogP contribution in [0.1, 0.15) is 17.4 Å². The smallest absolute Gasteiger partial charge is 0.241 e. The third-order valence-corrected chi connectivity index (χ3v) is 5.11. The molecule has 1 atom stereocenters. The van der Waals surface area contributed by atoms with Crippen molar-refractivity contribution in [3.05, 3.63) is 51.2 Å². The number of amides is 1. The lowest BCUT2D eigenvalue weighted by atomic mass is 10.1. The molecule has 0 radical (unpaired) electrons. The second-order valence-electron chi connectivity index (χ2n) is 5.27. The highest BCUT2D eigenvalue weighted by Gasteiger charge is 2.25. The third-order valence-electron chi connectivity index (χ3n) is 3.86. The molecule has 0 fully saturated rings. The van der Waals surface area contributed by atoms with E-state index in [0.29, 0.717) is 5.02 Å². The summed E-state index contributed by atoms with van der Waals surface area (Å²) in [5.74, 6) is 0.0101. The van der Waals surface area contributed by atoms with Gasteiger partial charge in [0.05, 0.1) is 6.04 Å². The van der Waals surface area contributed by atoms with Gasteiger partial charge in [-0.25, -0.2) is 0 Å². The minimum atomic E-state index is -0.156. The van der Waals surface area contributed by atoms with Gasteiger partial charge in [0, 0.05) is 28.7 Å². The third kappa shape index (κ3) is 3.28. The SMILES string of the molecule is C[C@H](C(=O)Nc1cccc(Cl)c1)N1CCc2sccc2C1.